The van der Waals surface area contributed by atoms with Crippen LogP contribution in [-0.4, -0.2) is 17.4 Å². The zero-order valence-corrected chi connectivity index (χ0v) is 14.9. The van der Waals surface area contributed by atoms with Crippen LogP contribution in [0, 0.1) is 17.0 Å². The summed E-state index contributed by atoms with van der Waals surface area (Å²) in [5.41, 5.74) is 1.00. The van der Waals surface area contributed by atoms with Crippen LogP contribution in [0.5, 0.6) is 5.75 Å². The van der Waals surface area contributed by atoms with Crippen molar-refractivity contribution in [2.45, 2.75) is 19.8 Å². The molecule has 0 spiro atoms. The fourth-order valence-corrected chi connectivity index (χ4v) is 2.56. The molecule has 0 bridgehead atoms. The van der Waals surface area contributed by atoms with Crippen LogP contribution in [0.25, 0.3) is 0 Å². The molecule has 2 aromatic rings. The predicted octanol–water partition coefficient (Wildman–Crippen LogP) is 5.01. The number of nitrogens with zero attached hydrogens (tertiary/aromatic N) is 1. The second-order valence-electron chi connectivity index (χ2n) is 5.33. The summed E-state index contributed by atoms with van der Waals surface area (Å²) in [6.07, 6.45) is 0.729. The van der Waals surface area contributed by atoms with E-state index in [-0.39, 0.29) is 23.0 Å². The fraction of sp³-hybridized carbons (Fsp3) is 0.235. The van der Waals surface area contributed by atoms with Gasteiger partial charge >= 0.3 is 0 Å². The number of ether oxygens (including phenoxy) is 1. The Balaban J connectivity index is 1.81. The number of nitrogens with one attached hydrogen (secondary N) is 1. The van der Waals surface area contributed by atoms with Gasteiger partial charge in [0.15, 0.2) is 0 Å². The van der Waals surface area contributed by atoms with Crippen LogP contribution in [0.3, 0.4) is 0 Å². The van der Waals surface area contributed by atoms with Crippen LogP contribution in [0.4, 0.5) is 11.4 Å². The third-order valence-corrected chi connectivity index (χ3v) is 3.92. The highest BCUT2D eigenvalue weighted by molar-refractivity contribution is 6.32. The number of hydrogen-bond acceptors (Lipinski definition) is 4. The Kier molecular flexibility index (Phi) is 6.61. The van der Waals surface area contributed by atoms with E-state index in [9.17, 15) is 14.9 Å². The third-order valence-electron chi connectivity index (χ3n) is 3.37. The zero-order chi connectivity index (χ0) is 18.4. The maximum atomic E-state index is 11.9. The molecule has 132 valence electrons. The van der Waals surface area contributed by atoms with Crippen LogP contribution >= 0.6 is 23.2 Å². The second-order valence-corrected chi connectivity index (χ2v) is 6.18. The first-order valence-corrected chi connectivity index (χ1v) is 8.25. The Bertz CT molecular complexity index is 796. The van der Waals surface area contributed by atoms with Gasteiger partial charge < -0.3 is 10.1 Å². The predicted molar refractivity (Wildman–Crippen MR) is 97.7 cm³/mol. The number of anilines is 1. The molecule has 0 aliphatic carbocycles. The van der Waals surface area contributed by atoms with E-state index in [2.05, 4.69) is 5.32 Å². The van der Waals surface area contributed by atoms with Crippen molar-refractivity contribution in [1.82, 2.24) is 0 Å². The average Bonchev–Trinajstić information content (AvgIpc) is 2.54. The van der Waals surface area contributed by atoms with E-state index < -0.39 is 4.92 Å². The number of amides is 1. The Morgan fingerprint density at radius 2 is 2.00 bits per heavy atom. The maximum Gasteiger partial charge on any atom is 0.289 e. The molecular formula is C17H16Cl2N2O4. The van der Waals surface area contributed by atoms with Crippen molar-refractivity contribution in [3.8, 4) is 5.75 Å². The SMILES string of the molecule is Cc1cc(Cl)ccc1OCCCC(=O)Nc1ccc(Cl)c([N+](=O)[O-])c1. The van der Waals surface area contributed by atoms with Gasteiger partial charge in [-0.15, -0.1) is 0 Å². The highest BCUT2D eigenvalue weighted by Gasteiger charge is 2.13. The lowest BCUT2D eigenvalue weighted by Gasteiger charge is -2.09. The summed E-state index contributed by atoms with van der Waals surface area (Å²) in [6.45, 7) is 2.26. The lowest BCUT2D eigenvalue weighted by Crippen LogP contribution is -2.13. The number of carbonyl (C=O) groups is 1. The first kappa shape index (κ1) is 19.0. The lowest BCUT2D eigenvalue weighted by atomic mass is 10.2. The van der Waals surface area contributed by atoms with E-state index in [0.29, 0.717) is 23.7 Å². The van der Waals surface area contributed by atoms with E-state index in [0.717, 1.165) is 11.3 Å². The van der Waals surface area contributed by atoms with Gasteiger partial charge in [0.25, 0.3) is 5.69 Å². The highest BCUT2D eigenvalue weighted by Crippen LogP contribution is 2.27. The Hall–Kier alpha value is -2.31. The molecule has 0 saturated carbocycles. The number of nitro groups is 1. The largest absolute Gasteiger partial charge is 0.493 e. The molecule has 0 aliphatic heterocycles. The van der Waals surface area contributed by atoms with E-state index >= 15 is 0 Å². The summed E-state index contributed by atoms with van der Waals surface area (Å²) < 4.78 is 5.61. The minimum absolute atomic E-state index is 0.0229. The molecule has 1 N–H and O–H groups in total. The Labute approximate surface area is 154 Å². The molecule has 0 atom stereocenters. The number of hydrogen-bond donors (Lipinski definition) is 1. The molecule has 0 aliphatic rings. The van der Waals surface area contributed by atoms with E-state index in [1.54, 1.807) is 18.2 Å². The van der Waals surface area contributed by atoms with E-state index in [1.165, 1.54) is 18.2 Å². The quantitative estimate of drug-likeness (QED) is 0.414. The number of halogens is 2. The maximum absolute atomic E-state index is 11.9. The lowest BCUT2D eigenvalue weighted by molar-refractivity contribution is -0.384. The smallest absolute Gasteiger partial charge is 0.289 e. The topological polar surface area (TPSA) is 81.5 Å². The van der Waals surface area contributed by atoms with Crippen molar-refractivity contribution in [3.63, 3.8) is 0 Å². The van der Waals surface area contributed by atoms with Crippen LogP contribution in [0.1, 0.15) is 18.4 Å². The summed E-state index contributed by atoms with van der Waals surface area (Å²) in [7, 11) is 0. The third kappa shape index (κ3) is 5.62. The molecule has 2 rings (SSSR count). The van der Waals surface area contributed by atoms with Crippen molar-refractivity contribution < 1.29 is 14.5 Å². The summed E-state index contributed by atoms with van der Waals surface area (Å²) in [4.78, 5) is 22.2. The van der Waals surface area contributed by atoms with Gasteiger partial charge in [0.1, 0.15) is 10.8 Å². The first-order valence-electron chi connectivity index (χ1n) is 7.49. The average molecular weight is 383 g/mol. The molecule has 0 radical (unpaired) electrons. The number of aryl methyl sites for hydroxylation is 1. The molecule has 6 nitrogen and oxygen atoms in total. The zero-order valence-electron chi connectivity index (χ0n) is 13.4. The molecule has 0 unspecified atom stereocenters. The van der Waals surface area contributed by atoms with Crippen LogP contribution in [0.15, 0.2) is 36.4 Å². The number of carbonyl (C=O) groups excluding carboxylic acids is 1. The van der Waals surface area contributed by atoms with Crippen molar-refractivity contribution in [2.75, 3.05) is 11.9 Å². The summed E-state index contributed by atoms with van der Waals surface area (Å²) >= 11 is 11.6. The number of benzene rings is 2. The van der Waals surface area contributed by atoms with Crippen molar-refractivity contribution in [1.29, 1.82) is 0 Å². The van der Waals surface area contributed by atoms with E-state index in [4.69, 9.17) is 27.9 Å². The van der Waals surface area contributed by atoms with Gasteiger partial charge in [-0.2, -0.15) is 0 Å². The van der Waals surface area contributed by atoms with Crippen LogP contribution < -0.4 is 10.1 Å². The fourth-order valence-electron chi connectivity index (χ4n) is 2.14. The van der Waals surface area contributed by atoms with Gasteiger partial charge in [-0.25, -0.2) is 0 Å². The van der Waals surface area contributed by atoms with Crippen molar-refractivity contribution >= 4 is 40.5 Å². The van der Waals surface area contributed by atoms with Gasteiger partial charge in [-0.05, 0) is 49.2 Å². The summed E-state index contributed by atoms with van der Waals surface area (Å²) in [6, 6.07) is 9.45. The van der Waals surface area contributed by atoms with Crippen LogP contribution in [-0.2, 0) is 4.79 Å². The molecule has 2 aromatic carbocycles. The Morgan fingerprint density at radius 1 is 1.24 bits per heavy atom. The second kappa shape index (κ2) is 8.69. The normalized spacial score (nSPS) is 10.4. The first-order chi connectivity index (χ1) is 11.9. The standard InChI is InChI=1S/C17H16Cl2N2O4/c1-11-9-12(18)4-7-16(11)25-8-2-3-17(22)20-13-5-6-14(19)15(10-13)21(23)24/h4-7,9-10H,2-3,8H2,1H3,(H,20,22). The van der Waals surface area contributed by atoms with Crippen molar-refractivity contribution in [3.05, 3.63) is 62.1 Å². The van der Waals surface area contributed by atoms with Gasteiger partial charge in [0.05, 0.1) is 11.5 Å². The van der Waals surface area contributed by atoms with Gasteiger partial charge in [-0.1, -0.05) is 23.2 Å². The highest BCUT2D eigenvalue weighted by atomic mass is 35.5. The van der Waals surface area contributed by atoms with Gasteiger partial charge in [0.2, 0.25) is 5.91 Å². The molecule has 0 fully saturated rings. The summed E-state index contributed by atoms with van der Waals surface area (Å²) in [5, 5.41) is 14.1. The molecule has 0 saturated heterocycles. The molecule has 1 amide bonds. The molecular weight excluding hydrogens is 367 g/mol. The molecule has 25 heavy (non-hydrogen) atoms. The van der Waals surface area contributed by atoms with Gasteiger partial charge in [-0.3, -0.25) is 14.9 Å². The Morgan fingerprint density at radius 3 is 2.68 bits per heavy atom. The molecule has 8 heteroatoms. The van der Waals surface area contributed by atoms with Crippen LogP contribution in [0.2, 0.25) is 10.0 Å². The van der Waals surface area contributed by atoms with E-state index in [1.807, 2.05) is 6.92 Å². The summed E-state index contributed by atoms with van der Waals surface area (Å²) in [5.74, 6) is 0.464. The molecule has 0 aromatic heterocycles. The minimum atomic E-state index is -0.597. The van der Waals surface area contributed by atoms with Crippen molar-refractivity contribution in [2.24, 2.45) is 0 Å². The number of rotatable bonds is 7. The monoisotopic (exact) mass is 382 g/mol. The number of nitro benzene ring substituents is 1. The molecule has 0 heterocycles. The van der Waals surface area contributed by atoms with Gasteiger partial charge in [0, 0.05) is 23.2 Å². The minimum Gasteiger partial charge on any atom is -0.493 e.